The van der Waals surface area contributed by atoms with Crippen molar-refractivity contribution >= 4 is 23.9 Å². The fourth-order valence-corrected chi connectivity index (χ4v) is 7.73. The van der Waals surface area contributed by atoms with E-state index in [1.54, 1.807) is 6.08 Å². The Hall–Kier alpha value is -2.98. The molecule has 0 bridgehead atoms. The van der Waals surface area contributed by atoms with Crippen LogP contribution in [0.3, 0.4) is 0 Å². The monoisotopic (exact) mass is 646 g/mol. The first-order valence-corrected chi connectivity index (χ1v) is 16.8. The molecule has 1 N–H and O–H groups in total. The molecule has 1 saturated heterocycles. The van der Waals surface area contributed by atoms with Gasteiger partial charge in [-0.3, -0.25) is 23.9 Å². The van der Waals surface area contributed by atoms with Crippen LogP contribution >= 0.6 is 0 Å². The molecule has 0 aromatic carbocycles. The second-order valence-corrected chi connectivity index (χ2v) is 13.4. The highest BCUT2D eigenvalue weighted by Gasteiger charge is 2.75. The Morgan fingerprint density at radius 1 is 0.957 bits per heavy atom. The highest BCUT2D eigenvalue weighted by atomic mass is 16.8. The van der Waals surface area contributed by atoms with Crippen LogP contribution in [0.4, 0.5) is 0 Å². The third-order valence-corrected chi connectivity index (χ3v) is 10.2. The number of esters is 4. The molecule has 3 aliphatic rings. The van der Waals surface area contributed by atoms with Crippen molar-refractivity contribution in [3.8, 4) is 0 Å². The van der Waals surface area contributed by atoms with E-state index in [9.17, 15) is 24.3 Å². The molecule has 1 unspecified atom stereocenters. The molecule has 46 heavy (non-hydrogen) atoms. The SMILES string of the molecule is C=C/C(C)=C\C[C@@]1(C)[C@@H](C)[C@H](OC(=O)CCCCCCCCC)[C@@H](OC(C)=O)C23C(=C[C@H](O)C[C@@H]21)[C@@H](OC(C)=O)O[C@@H]3OC(C)=O. The number of rotatable bonds is 15. The number of hydrogen-bond donors (Lipinski definition) is 1. The Kier molecular flexibility index (Phi) is 13.2. The molecule has 1 saturated carbocycles. The van der Waals surface area contributed by atoms with Gasteiger partial charge in [-0.15, -0.1) is 0 Å². The lowest BCUT2D eigenvalue weighted by molar-refractivity contribution is -0.279. The Bertz CT molecular complexity index is 1190. The van der Waals surface area contributed by atoms with Gasteiger partial charge in [0.1, 0.15) is 11.5 Å². The minimum atomic E-state index is -1.45. The van der Waals surface area contributed by atoms with Crippen molar-refractivity contribution in [2.45, 2.75) is 144 Å². The summed E-state index contributed by atoms with van der Waals surface area (Å²) in [6.07, 6.45) is 7.65. The predicted octanol–water partition coefficient (Wildman–Crippen LogP) is 6.25. The lowest BCUT2D eigenvalue weighted by atomic mass is 9.44. The number of aliphatic hydroxyl groups is 1. The molecule has 10 nitrogen and oxygen atoms in total. The second-order valence-electron chi connectivity index (χ2n) is 13.4. The molecule has 1 spiro atoms. The van der Waals surface area contributed by atoms with Gasteiger partial charge in [-0.25, -0.2) is 0 Å². The Labute approximate surface area is 273 Å². The van der Waals surface area contributed by atoms with Gasteiger partial charge in [-0.1, -0.05) is 83.6 Å². The van der Waals surface area contributed by atoms with Crippen LogP contribution in [0.15, 0.2) is 36.0 Å². The van der Waals surface area contributed by atoms with E-state index >= 15 is 0 Å². The van der Waals surface area contributed by atoms with E-state index in [1.165, 1.54) is 46.1 Å². The normalized spacial score (nSPS) is 33.6. The summed E-state index contributed by atoms with van der Waals surface area (Å²) in [5, 5.41) is 11.2. The number of unbranched alkanes of at least 4 members (excludes halogenated alkanes) is 6. The minimum Gasteiger partial charge on any atom is -0.458 e. The molecule has 10 heteroatoms. The number of carbonyl (C=O) groups excluding carboxylic acids is 4. The van der Waals surface area contributed by atoms with Crippen LogP contribution in [0.5, 0.6) is 0 Å². The van der Waals surface area contributed by atoms with Crippen molar-refractivity contribution in [1.29, 1.82) is 0 Å². The van der Waals surface area contributed by atoms with Crippen molar-refractivity contribution in [3.63, 3.8) is 0 Å². The number of hydrogen-bond acceptors (Lipinski definition) is 10. The highest BCUT2D eigenvalue weighted by molar-refractivity contribution is 5.70. The molecular formula is C36H54O10. The molecule has 0 aromatic heterocycles. The fraction of sp³-hybridized carbons (Fsp3) is 0.722. The third kappa shape index (κ3) is 8.11. The van der Waals surface area contributed by atoms with Gasteiger partial charge >= 0.3 is 23.9 Å². The molecule has 0 amide bonds. The molecule has 0 radical (unpaired) electrons. The van der Waals surface area contributed by atoms with Gasteiger partial charge in [0.05, 0.1) is 6.10 Å². The lowest BCUT2D eigenvalue weighted by Crippen LogP contribution is -2.69. The summed E-state index contributed by atoms with van der Waals surface area (Å²) < 4.78 is 29.9. The molecule has 2 aliphatic carbocycles. The number of allylic oxidation sites excluding steroid dienone is 3. The van der Waals surface area contributed by atoms with Crippen molar-refractivity contribution < 1.29 is 48.0 Å². The van der Waals surface area contributed by atoms with Crippen LogP contribution in [-0.4, -0.2) is 59.9 Å². The number of aliphatic hydroxyl groups excluding tert-OH is 1. The first kappa shape index (κ1) is 37.5. The molecule has 1 aliphatic heterocycles. The van der Waals surface area contributed by atoms with Gasteiger partial charge in [0.15, 0.2) is 6.10 Å². The summed E-state index contributed by atoms with van der Waals surface area (Å²) in [4.78, 5) is 51.1. The van der Waals surface area contributed by atoms with Gasteiger partial charge in [-0.05, 0) is 43.6 Å². The summed E-state index contributed by atoms with van der Waals surface area (Å²) >= 11 is 0. The fourth-order valence-electron chi connectivity index (χ4n) is 7.73. The molecule has 258 valence electrons. The van der Waals surface area contributed by atoms with Crippen molar-refractivity contribution in [2.24, 2.45) is 22.7 Å². The van der Waals surface area contributed by atoms with Crippen molar-refractivity contribution in [2.75, 3.05) is 0 Å². The van der Waals surface area contributed by atoms with Crippen molar-refractivity contribution in [1.82, 2.24) is 0 Å². The van der Waals surface area contributed by atoms with Crippen LogP contribution in [0.2, 0.25) is 0 Å². The largest absolute Gasteiger partial charge is 0.458 e. The number of carbonyl (C=O) groups is 4. The first-order valence-electron chi connectivity index (χ1n) is 16.8. The third-order valence-electron chi connectivity index (χ3n) is 10.2. The molecule has 9 atom stereocenters. The van der Waals surface area contributed by atoms with Crippen LogP contribution in [0.1, 0.15) is 113 Å². The summed E-state index contributed by atoms with van der Waals surface area (Å²) in [6.45, 7) is 15.7. The van der Waals surface area contributed by atoms with E-state index < -0.39 is 77.4 Å². The van der Waals surface area contributed by atoms with Crippen molar-refractivity contribution in [3.05, 3.63) is 36.0 Å². The average molecular weight is 647 g/mol. The van der Waals surface area contributed by atoms with Gasteiger partial charge in [0, 0.05) is 38.7 Å². The molecule has 1 heterocycles. The Balaban J connectivity index is 2.15. The molecule has 3 rings (SSSR count). The summed E-state index contributed by atoms with van der Waals surface area (Å²) in [6, 6.07) is 0. The van der Waals surface area contributed by atoms with Crippen LogP contribution in [0.25, 0.3) is 0 Å². The van der Waals surface area contributed by atoms with E-state index in [2.05, 4.69) is 13.5 Å². The maximum Gasteiger partial charge on any atom is 0.306 e. The van der Waals surface area contributed by atoms with Gasteiger partial charge < -0.3 is 24.1 Å². The zero-order valence-electron chi connectivity index (χ0n) is 28.7. The van der Waals surface area contributed by atoms with Gasteiger partial charge in [-0.2, -0.15) is 0 Å². The quantitative estimate of drug-likeness (QED) is 0.0715. The predicted molar refractivity (Wildman–Crippen MR) is 171 cm³/mol. The highest BCUT2D eigenvalue weighted by Crippen LogP contribution is 2.68. The molecular weight excluding hydrogens is 592 g/mol. The maximum absolute atomic E-state index is 13.5. The zero-order chi connectivity index (χ0) is 34.2. The Morgan fingerprint density at radius 2 is 1.57 bits per heavy atom. The molecule has 0 aromatic rings. The zero-order valence-corrected chi connectivity index (χ0v) is 28.7. The maximum atomic E-state index is 13.5. The minimum absolute atomic E-state index is 0.202. The van der Waals surface area contributed by atoms with Gasteiger partial charge in [0.2, 0.25) is 12.6 Å². The van der Waals surface area contributed by atoms with Crippen LogP contribution in [-0.2, 0) is 42.9 Å². The summed E-state index contributed by atoms with van der Waals surface area (Å²) in [7, 11) is 0. The van der Waals surface area contributed by atoms with E-state index in [4.69, 9.17) is 23.7 Å². The van der Waals surface area contributed by atoms with Gasteiger partial charge in [0.25, 0.3) is 0 Å². The summed E-state index contributed by atoms with van der Waals surface area (Å²) in [5.74, 6) is -3.29. The number of ether oxygens (including phenoxy) is 5. The lowest BCUT2D eigenvalue weighted by Gasteiger charge is -2.62. The first-order chi connectivity index (χ1) is 21.7. The second kappa shape index (κ2) is 16.2. The standard InChI is InChI=1S/C36H54O10/c1-9-11-12-13-14-15-16-17-30(41)45-31-23(4)35(8,19-18-22(3)10-2)29-21-27(40)20-28-33(43-25(6)38)46-34(44-26(7)39)36(28,29)32(31)42-24(5)37/h10,18,20,23,27,29,31-34,40H,2,9,11-17,19,21H2,1,3-8H3/b22-18-/t23-,27-,29+,31-,32+,33-,34-,35-,36?/m0/s1. The van der Waals surface area contributed by atoms with E-state index in [-0.39, 0.29) is 12.8 Å². The van der Waals surface area contributed by atoms with E-state index in [1.807, 2.05) is 26.8 Å². The topological polar surface area (TPSA) is 135 Å². The summed E-state index contributed by atoms with van der Waals surface area (Å²) in [5.41, 5.74) is -0.919. The van der Waals surface area contributed by atoms with Crippen LogP contribution < -0.4 is 0 Å². The molecule has 2 fully saturated rings. The van der Waals surface area contributed by atoms with E-state index in [0.717, 1.165) is 24.8 Å². The van der Waals surface area contributed by atoms with E-state index in [0.29, 0.717) is 18.4 Å². The van der Waals surface area contributed by atoms with Crippen LogP contribution in [0, 0.1) is 22.7 Å². The average Bonchev–Trinajstić information content (AvgIpc) is 3.26. The smallest absolute Gasteiger partial charge is 0.306 e. The Morgan fingerprint density at radius 3 is 2.15 bits per heavy atom.